The topological polar surface area (TPSA) is 52.6 Å². The first-order valence-electron chi connectivity index (χ1n) is 7.80. The second-order valence-electron chi connectivity index (χ2n) is 7.58. The van der Waals surface area contributed by atoms with Gasteiger partial charge in [-0.25, -0.2) is 4.79 Å². The van der Waals surface area contributed by atoms with Crippen LogP contribution in [0.3, 0.4) is 0 Å². The second-order valence-corrected chi connectivity index (χ2v) is 7.58. The van der Waals surface area contributed by atoms with E-state index in [2.05, 4.69) is 5.32 Å². The molecule has 0 aromatic carbocycles. The highest BCUT2D eigenvalue weighted by Crippen LogP contribution is 2.40. The Hall–Kier alpha value is -0.980. The molecule has 2 fully saturated rings. The fourth-order valence-corrected chi connectivity index (χ4v) is 3.25. The zero-order valence-corrected chi connectivity index (χ0v) is 13.3. The summed E-state index contributed by atoms with van der Waals surface area (Å²) >= 11 is 0. The van der Waals surface area contributed by atoms with Crippen LogP contribution >= 0.6 is 0 Å². The molecule has 0 bridgehead atoms. The zero-order valence-electron chi connectivity index (χ0n) is 13.3. The molecule has 1 aliphatic heterocycles. The number of carbonyl (C=O) groups is 1. The highest BCUT2D eigenvalue weighted by atomic mass is 19.4. The molecule has 0 aromatic heterocycles. The largest absolute Gasteiger partial charge is 0.408 e. The van der Waals surface area contributed by atoms with E-state index in [9.17, 15) is 23.1 Å². The number of aliphatic hydroxyl groups excluding tert-OH is 1. The number of likely N-dealkylation sites (tertiary alicyclic amines) is 1. The van der Waals surface area contributed by atoms with Gasteiger partial charge in [-0.1, -0.05) is 20.8 Å². The SMILES string of the molecule is CC(C)(C)C1CCN(C(=O)NC(C2CC2)C(F)(F)F)CC1O. The molecular formula is C15H25F3N2O2. The number of hydrogen-bond acceptors (Lipinski definition) is 2. The average molecular weight is 322 g/mol. The van der Waals surface area contributed by atoms with Crippen LogP contribution in [-0.4, -0.2) is 47.4 Å². The summed E-state index contributed by atoms with van der Waals surface area (Å²) in [4.78, 5) is 13.4. The summed E-state index contributed by atoms with van der Waals surface area (Å²) in [5, 5.41) is 12.3. The summed E-state index contributed by atoms with van der Waals surface area (Å²) in [6.45, 7) is 6.51. The molecule has 1 saturated heterocycles. The lowest BCUT2D eigenvalue weighted by atomic mass is 9.74. The number of alkyl halides is 3. The van der Waals surface area contributed by atoms with Gasteiger partial charge in [-0.2, -0.15) is 13.2 Å². The smallest absolute Gasteiger partial charge is 0.391 e. The van der Waals surface area contributed by atoms with Gasteiger partial charge in [0.2, 0.25) is 0 Å². The fourth-order valence-electron chi connectivity index (χ4n) is 3.25. The summed E-state index contributed by atoms with van der Waals surface area (Å²) < 4.78 is 38.9. The first-order chi connectivity index (χ1) is 10.00. The highest BCUT2D eigenvalue weighted by molar-refractivity contribution is 5.75. The summed E-state index contributed by atoms with van der Waals surface area (Å²) in [6.07, 6.45) is -3.53. The number of nitrogens with one attached hydrogen (secondary N) is 1. The van der Waals surface area contributed by atoms with Crippen LogP contribution in [0.1, 0.15) is 40.0 Å². The molecule has 128 valence electrons. The molecule has 4 nitrogen and oxygen atoms in total. The van der Waals surface area contributed by atoms with Gasteiger partial charge >= 0.3 is 12.2 Å². The predicted molar refractivity (Wildman–Crippen MR) is 76.2 cm³/mol. The molecule has 7 heteroatoms. The number of urea groups is 1. The van der Waals surface area contributed by atoms with Crippen LogP contribution in [0.15, 0.2) is 0 Å². The monoisotopic (exact) mass is 322 g/mol. The Kier molecular flexibility index (Phi) is 4.66. The Morgan fingerprint density at radius 2 is 1.82 bits per heavy atom. The molecule has 2 rings (SSSR count). The molecule has 1 heterocycles. The summed E-state index contributed by atoms with van der Waals surface area (Å²) in [6, 6.07) is -2.49. The van der Waals surface area contributed by atoms with Crippen LogP contribution in [0.25, 0.3) is 0 Å². The fraction of sp³-hybridized carbons (Fsp3) is 0.933. The van der Waals surface area contributed by atoms with Crippen LogP contribution in [0.4, 0.5) is 18.0 Å². The lowest BCUT2D eigenvalue weighted by Gasteiger charge is -2.42. The van der Waals surface area contributed by atoms with Crippen LogP contribution < -0.4 is 5.32 Å². The Morgan fingerprint density at radius 1 is 1.23 bits per heavy atom. The lowest BCUT2D eigenvalue weighted by Crippen LogP contribution is -2.56. The van der Waals surface area contributed by atoms with E-state index in [1.165, 1.54) is 4.90 Å². The molecule has 22 heavy (non-hydrogen) atoms. The molecule has 1 saturated carbocycles. The molecule has 2 aliphatic rings. The first kappa shape index (κ1) is 17.4. The standard InChI is InChI=1S/C15H25F3N2O2/c1-14(2,3)10-6-7-20(8-11(10)21)13(22)19-12(9-4-5-9)15(16,17)18/h9-12,21H,4-8H2,1-3H3,(H,19,22). The van der Waals surface area contributed by atoms with Gasteiger partial charge < -0.3 is 15.3 Å². The third-order valence-corrected chi connectivity index (χ3v) is 4.71. The summed E-state index contributed by atoms with van der Waals surface area (Å²) in [7, 11) is 0. The van der Waals surface area contributed by atoms with Gasteiger partial charge in [0.1, 0.15) is 6.04 Å². The van der Waals surface area contributed by atoms with Gasteiger partial charge in [-0.15, -0.1) is 0 Å². The molecule has 2 amide bonds. The number of hydrogen-bond donors (Lipinski definition) is 2. The van der Waals surface area contributed by atoms with Crippen LogP contribution in [-0.2, 0) is 0 Å². The van der Waals surface area contributed by atoms with Crippen molar-refractivity contribution in [2.24, 2.45) is 17.3 Å². The van der Waals surface area contributed by atoms with Crippen molar-refractivity contribution in [3.8, 4) is 0 Å². The molecular weight excluding hydrogens is 297 g/mol. The summed E-state index contributed by atoms with van der Waals surface area (Å²) in [5.41, 5.74) is -0.0928. The Bertz CT molecular complexity index is 416. The number of piperidine rings is 1. The second kappa shape index (κ2) is 5.91. The van der Waals surface area contributed by atoms with Crippen LogP contribution in [0.5, 0.6) is 0 Å². The maximum Gasteiger partial charge on any atom is 0.408 e. The van der Waals surface area contributed by atoms with Crippen molar-refractivity contribution in [2.45, 2.75) is 58.4 Å². The number of halogens is 3. The van der Waals surface area contributed by atoms with Gasteiger partial charge in [0, 0.05) is 13.1 Å². The maximum absolute atomic E-state index is 13.0. The van der Waals surface area contributed by atoms with E-state index in [1.54, 1.807) is 0 Å². The minimum absolute atomic E-state index is 0.0402. The maximum atomic E-state index is 13.0. The number of aliphatic hydroxyl groups is 1. The van der Waals surface area contributed by atoms with E-state index in [0.29, 0.717) is 25.8 Å². The minimum Gasteiger partial charge on any atom is -0.391 e. The zero-order chi connectivity index (χ0) is 16.7. The number of carbonyl (C=O) groups excluding carboxylic acids is 1. The molecule has 3 unspecified atom stereocenters. The number of β-amino-alcohol motifs (C(OH)–C–C–N with tert-alkyl or cyclic N) is 1. The number of nitrogens with zero attached hydrogens (tertiary/aromatic N) is 1. The van der Waals surface area contributed by atoms with E-state index in [1.807, 2.05) is 20.8 Å². The predicted octanol–water partition coefficient (Wildman–Crippen LogP) is 2.77. The van der Waals surface area contributed by atoms with E-state index in [-0.39, 0.29) is 17.9 Å². The molecule has 1 aliphatic carbocycles. The number of amides is 2. The van der Waals surface area contributed by atoms with Gasteiger partial charge in [-0.05, 0) is 36.5 Å². The van der Waals surface area contributed by atoms with Crippen molar-refractivity contribution < 1.29 is 23.1 Å². The normalized spacial score (nSPS) is 28.4. The molecule has 0 aromatic rings. The molecule has 2 N–H and O–H groups in total. The van der Waals surface area contributed by atoms with Gasteiger partial charge in [0.05, 0.1) is 6.10 Å². The van der Waals surface area contributed by atoms with Gasteiger partial charge in [-0.3, -0.25) is 0 Å². The minimum atomic E-state index is -4.42. The highest BCUT2D eigenvalue weighted by Gasteiger charge is 2.50. The third kappa shape index (κ3) is 4.06. The summed E-state index contributed by atoms with van der Waals surface area (Å²) in [5.74, 6) is -0.459. The quantitative estimate of drug-likeness (QED) is 0.821. The van der Waals surface area contributed by atoms with Crippen molar-refractivity contribution in [3.05, 3.63) is 0 Å². The first-order valence-corrected chi connectivity index (χ1v) is 7.80. The number of rotatable bonds is 2. The van der Waals surface area contributed by atoms with Crippen molar-refractivity contribution >= 4 is 6.03 Å². The Balaban J connectivity index is 1.94. The Morgan fingerprint density at radius 3 is 2.23 bits per heavy atom. The molecule has 3 atom stereocenters. The van der Waals surface area contributed by atoms with Crippen molar-refractivity contribution in [2.75, 3.05) is 13.1 Å². The van der Waals surface area contributed by atoms with Gasteiger partial charge in [0.25, 0.3) is 0 Å². The van der Waals surface area contributed by atoms with Gasteiger partial charge in [0.15, 0.2) is 0 Å². The Labute approximate surface area is 129 Å². The lowest BCUT2D eigenvalue weighted by molar-refractivity contribution is -0.158. The van der Waals surface area contributed by atoms with E-state index in [0.717, 1.165) is 0 Å². The molecule has 0 radical (unpaired) electrons. The van der Waals surface area contributed by atoms with E-state index < -0.39 is 30.3 Å². The molecule has 0 spiro atoms. The van der Waals surface area contributed by atoms with Crippen molar-refractivity contribution in [3.63, 3.8) is 0 Å². The average Bonchev–Trinajstić information content (AvgIpc) is 3.16. The van der Waals surface area contributed by atoms with E-state index in [4.69, 9.17) is 0 Å². The third-order valence-electron chi connectivity index (χ3n) is 4.71. The van der Waals surface area contributed by atoms with E-state index >= 15 is 0 Å². The van der Waals surface area contributed by atoms with Crippen molar-refractivity contribution in [1.29, 1.82) is 0 Å². The van der Waals surface area contributed by atoms with Crippen LogP contribution in [0, 0.1) is 17.3 Å². The van der Waals surface area contributed by atoms with Crippen molar-refractivity contribution in [1.82, 2.24) is 10.2 Å². The van der Waals surface area contributed by atoms with Crippen LogP contribution in [0.2, 0.25) is 0 Å².